The van der Waals surface area contributed by atoms with Crippen molar-refractivity contribution < 1.29 is 19.5 Å². The number of rotatable bonds is 2. The summed E-state index contributed by atoms with van der Waals surface area (Å²) in [6.07, 6.45) is -1.29. The van der Waals surface area contributed by atoms with Crippen molar-refractivity contribution in [1.29, 1.82) is 0 Å². The van der Waals surface area contributed by atoms with Crippen molar-refractivity contribution in [1.82, 2.24) is 5.06 Å². The summed E-state index contributed by atoms with van der Waals surface area (Å²) < 4.78 is 6.29. The van der Waals surface area contributed by atoms with Crippen LogP contribution in [0.1, 0.15) is 12.5 Å². The first-order valence-corrected chi connectivity index (χ1v) is 7.20. The molecule has 5 nitrogen and oxygen atoms in total. The van der Waals surface area contributed by atoms with Crippen LogP contribution in [0.25, 0.3) is 0 Å². The third-order valence-corrected chi connectivity index (χ3v) is 4.23. The molecule has 6 heteroatoms. The summed E-state index contributed by atoms with van der Waals surface area (Å²) in [6.45, 7) is 2.24. The molecule has 0 saturated carbocycles. The van der Waals surface area contributed by atoms with Gasteiger partial charge in [-0.3, -0.25) is 9.63 Å². The smallest absolute Gasteiger partial charge is 0.326 e. The largest absolute Gasteiger partial charge is 0.461 e. The highest BCUT2D eigenvalue weighted by Gasteiger charge is 2.56. The normalized spacial score (nSPS) is 34.4. The number of aliphatic hydroxyl groups is 1. The van der Waals surface area contributed by atoms with Crippen molar-refractivity contribution in [2.75, 3.05) is 0 Å². The van der Waals surface area contributed by atoms with Gasteiger partial charge < -0.3 is 9.84 Å². The Hall–Kier alpha value is -0.700. The monoisotopic (exact) mass is 375 g/mol. The zero-order valence-corrected chi connectivity index (χ0v) is 12.5. The lowest BCUT2D eigenvalue weighted by Crippen LogP contribution is -2.35. The number of halogens is 1. The molecular weight excluding hydrogens is 361 g/mol. The molecule has 102 valence electrons. The van der Waals surface area contributed by atoms with Gasteiger partial charge in [-0.15, -0.1) is 0 Å². The number of fused-ring (bicyclic) bond motifs is 1. The molecule has 19 heavy (non-hydrogen) atoms. The van der Waals surface area contributed by atoms with Crippen LogP contribution in [0.15, 0.2) is 24.3 Å². The second kappa shape index (κ2) is 5.01. The third-order valence-electron chi connectivity index (χ3n) is 3.56. The SMILES string of the molecule is CC1OC(=O)[C@@H]2[C@H]1C(O)ON2Cc1cccc(I)c1. The highest BCUT2D eigenvalue weighted by atomic mass is 127. The standard InChI is InChI=1S/C13H14INO4/c1-7-10-11(13(17)18-7)15(19-12(10)16)6-8-3-2-4-9(14)5-8/h2-5,7,10-12,16H,6H2,1H3/t7?,10-,11-,12?/m0/s1. The second-order valence-corrected chi connectivity index (χ2v) is 6.11. The lowest BCUT2D eigenvalue weighted by Gasteiger charge is -2.19. The van der Waals surface area contributed by atoms with Gasteiger partial charge in [-0.05, 0) is 47.2 Å². The summed E-state index contributed by atoms with van der Waals surface area (Å²) in [4.78, 5) is 17.2. The van der Waals surface area contributed by atoms with Gasteiger partial charge in [0.05, 0.1) is 12.5 Å². The molecule has 0 spiro atoms. The Labute approximate surface area is 124 Å². The maximum Gasteiger partial charge on any atom is 0.326 e. The van der Waals surface area contributed by atoms with Crippen LogP contribution in [-0.4, -0.2) is 34.6 Å². The van der Waals surface area contributed by atoms with Gasteiger partial charge in [-0.2, -0.15) is 5.06 Å². The molecule has 0 bridgehead atoms. The Bertz CT molecular complexity index is 509. The molecule has 2 unspecified atom stereocenters. The highest BCUT2D eigenvalue weighted by Crippen LogP contribution is 2.37. The van der Waals surface area contributed by atoms with Crippen molar-refractivity contribution in [3.05, 3.63) is 33.4 Å². The van der Waals surface area contributed by atoms with Crippen molar-refractivity contribution >= 4 is 28.6 Å². The fourth-order valence-electron chi connectivity index (χ4n) is 2.67. The summed E-state index contributed by atoms with van der Waals surface area (Å²) in [5.41, 5.74) is 1.03. The topological polar surface area (TPSA) is 59.0 Å². The lowest BCUT2D eigenvalue weighted by atomic mass is 9.98. The fourth-order valence-corrected chi connectivity index (χ4v) is 3.28. The predicted octanol–water partition coefficient (Wildman–Crippen LogP) is 1.29. The minimum atomic E-state index is -0.978. The molecule has 0 radical (unpaired) electrons. The Kier molecular flexibility index (Phi) is 3.50. The van der Waals surface area contributed by atoms with E-state index in [1.54, 1.807) is 6.92 Å². The van der Waals surface area contributed by atoms with Gasteiger partial charge >= 0.3 is 5.97 Å². The van der Waals surface area contributed by atoms with Crippen molar-refractivity contribution in [2.45, 2.75) is 31.9 Å². The predicted molar refractivity (Wildman–Crippen MR) is 74.6 cm³/mol. The van der Waals surface area contributed by atoms with Gasteiger partial charge in [0, 0.05) is 3.57 Å². The molecule has 2 fully saturated rings. The van der Waals surface area contributed by atoms with Crippen LogP contribution in [0, 0.1) is 9.49 Å². The van der Waals surface area contributed by atoms with E-state index in [1.807, 2.05) is 24.3 Å². The molecule has 0 amide bonds. The van der Waals surface area contributed by atoms with Crippen LogP contribution in [0.3, 0.4) is 0 Å². The summed E-state index contributed by atoms with van der Waals surface area (Å²) in [5.74, 6) is -0.630. The first-order chi connectivity index (χ1) is 9.06. The summed E-state index contributed by atoms with van der Waals surface area (Å²) in [5, 5.41) is 11.4. The molecule has 1 N–H and O–H groups in total. The van der Waals surface area contributed by atoms with Crippen LogP contribution < -0.4 is 0 Å². The molecule has 2 saturated heterocycles. The van der Waals surface area contributed by atoms with Crippen molar-refractivity contribution in [2.24, 2.45) is 5.92 Å². The number of carbonyl (C=O) groups is 1. The molecule has 4 atom stereocenters. The molecule has 2 aliphatic heterocycles. The van der Waals surface area contributed by atoms with Crippen LogP contribution in [0.2, 0.25) is 0 Å². The molecule has 1 aromatic carbocycles. The number of cyclic esters (lactones) is 1. The van der Waals surface area contributed by atoms with Gasteiger partial charge in [0.15, 0.2) is 6.29 Å². The number of hydrogen-bond acceptors (Lipinski definition) is 5. The van der Waals surface area contributed by atoms with E-state index in [4.69, 9.17) is 9.57 Å². The van der Waals surface area contributed by atoms with E-state index in [1.165, 1.54) is 5.06 Å². The molecule has 2 heterocycles. The van der Waals surface area contributed by atoms with E-state index in [9.17, 15) is 9.90 Å². The average molecular weight is 375 g/mol. The zero-order chi connectivity index (χ0) is 13.6. The molecule has 3 rings (SSSR count). The van der Waals surface area contributed by atoms with Gasteiger partial charge in [-0.25, -0.2) is 0 Å². The number of aliphatic hydroxyl groups excluding tert-OH is 1. The van der Waals surface area contributed by atoms with Gasteiger partial charge in [-0.1, -0.05) is 12.1 Å². The molecule has 0 aromatic heterocycles. The quantitative estimate of drug-likeness (QED) is 0.624. The van der Waals surface area contributed by atoms with Crippen molar-refractivity contribution in [3.63, 3.8) is 0 Å². The van der Waals surface area contributed by atoms with Crippen molar-refractivity contribution in [3.8, 4) is 0 Å². The Morgan fingerprint density at radius 2 is 2.26 bits per heavy atom. The number of carbonyl (C=O) groups excluding carboxylic acids is 1. The number of ether oxygens (including phenoxy) is 1. The minimum absolute atomic E-state index is 0.310. The first-order valence-electron chi connectivity index (χ1n) is 6.12. The molecule has 1 aromatic rings. The summed E-state index contributed by atoms with van der Waals surface area (Å²) in [7, 11) is 0. The van der Waals surface area contributed by atoms with Crippen LogP contribution in [0.5, 0.6) is 0 Å². The number of esters is 1. The number of nitrogens with zero attached hydrogens (tertiary/aromatic N) is 1. The average Bonchev–Trinajstić information content (AvgIpc) is 2.80. The molecule has 0 aliphatic carbocycles. The maximum atomic E-state index is 11.8. The van der Waals surface area contributed by atoms with Gasteiger partial charge in [0.25, 0.3) is 0 Å². The minimum Gasteiger partial charge on any atom is -0.461 e. The van der Waals surface area contributed by atoms with E-state index in [-0.39, 0.29) is 18.0 Å². The number of hydrogen-bond donors (Lipinski definition) is 1. The fraction of sp³-hybridized carbons (Fsp3) is 0.462. The van der Waals surface area contributed by atoms with E-state index in [2.05, 4.69) is 22.6 Å². The van der Waals surface area contributed by atoms with E-state index < -0.39 is 12.3 Å². The Morgan fingerprint density at radius 1 is 1.47 bits per heavy atom. The molecule has 2 aliphatic rings. The summed E-state index contributed by atoms with van der Waals surface area (Å²) in [6, 6.07) is 7.43. The maximum absolute atomic E-state index is 11.8. The van der Waals surface area contributed by atoms with E-state index >= 15 is 0 Å². The van der Waals surface area contributed by atoms with Gasteiger partial charge in [0.2, 0.25) is 0 Å². The number of benzene rings is 1. The van der Waals surface area contributed by atoms with E-state index in [0.717, 1.165) is 9.13 Å². The zero-order valence-electron chi connectivity index (χ0n) is 10.3. The highest BCUT2D eigenvalue weighted by molar-refractivity contribution is 14.1. The summed E-state index contributed by atoms with van der Waals surface area (Å²) >= 11 is 2.23. The Balaban J connectivity index is 1.81. The third kappa shape index (κ3) is 2.37. The van der Waals surface area contributed by atoms with E-state index in [0.29, 0.717) is 6.54 Å². The number of hydroxylamine groups is 2. The van der Waals surface area contributed by atoms with Crippen LogP contribution in [-0.2, 0) is 20.9 Å². The van der Waals surface area contributed by atoms with Crippen LogP contribution in [0.4, 0.5) is 0 Å². The lowest BCUT2D eigenvalue weighted by molar-refractivity contribution is -0.240. The van der Waals surface area contributed by atoms with Gasteiger partial charge in [0.1, 0.15) is 12.1 Å². The first kappa shape index (κ1) is 13.3. The Morgan fingerprint density at radius 3 is 3.00 bits per heavy atom. The molecular formula is C13H14INO4. The van der Waals surface area contributed by atoms with Crippen LogP contribution >= 0.6 is 22.6 Å². The second-order valence-electron chi connectivity index (χ2n) is 4.87.